The molecule has 4 atom stereocenters. The van der Waals surface area contributed by atoms with E-state index in [1.54, 1.807) is 11.0 Å². The molecule has 1 saturated carbocycles. The molecule has 3 rings (SSSR count). The molecule has 130 valence electrons. The van der Waals surface area contributed by atoms with E-state index in [-0.39, 0.29) is 36.3 Å². The van der Waals surface area contributed by atoms with Gasteiger partial charge in [-0.05, 0) is 52.4 Å². The van der Waals surface area contributed by atoms with Gasteiger partial charge in [-0.1, -0.05) is 13.0 Å². The van der Waals surface area contributed by atoms with Crippen LogP contribution < -0.4 is 5.32 Å². The summed E-state index contributed by atoms with van der Waals surface area (Å²) in [5.74, 6) is -1.38. The number of piperidine rings is 1. The molecule has 0 aromatic heterocycles. The van der Waals surface area contributed by atoms with E-state index < -0.39 is 11.9 Å². The number of hydrogen-bond donors (Lipinski definition) is 2. The fourth-order valence-electron chi connectivity index (χ4n) is 3.41. The minimum atomic E-state index is -0.853. The largest absolute Gasteiger partial charge is 0.481 e. The number of aliphatic carboxylic acids is 1. The molecule has 7 heteroatoms. The molecule has 0 spiro atoms. The van der Waals surface area contributed by atoms with Crippen LogP contribution in [-0.2, 0) is 4.79 Å². The van der Waals surface area contributed by atoms with Gasteiger partial charge in [0.1, 0.15) is 5.82 Å². The van der Waals surface area contributed by atoms with E-state index in [1.807, 2.05) is 13.0 Å². The Bertz CT molecular complexity index is 669. The fraction of sp³-hybridized carbons (Fsp3) is 0.529. The number of hydrogen-bond acceptors (Lipinski definition) is 2. The monoisotopic (exact) mass is 398 g/mol. The SMILES string of the molecule is CC1CC(C(=O)O)CN(C(=O)N[C@@H]2C[C@H]2c2ccc(Br)c(F)c2)C1. The van der Waals surface area contributed by atoms with E-state index in [2.05, 4.69) is 21.2 Å². The van der Waals surface area contributed by atoms with Crippen LogP contribution in [0.5, 0.6) is 0 Å². The van der Waals surface area contributed by atoms with Crippen LogP contribution >= 0.6 is 15.9 Å². The number of carbonyl (C=O) groups is 2. The third-order valence-corrected chi connectivity index (χ3v) is 5.41. The van der Waals surface area contributed by atoms with Gasteiger partial charge < -0.3 is 15.3 Å². The van der Waals surface area contributed by atoms with Gasteiger partial charge >= 0.3 is 12.0 Å². The lowest BCUT2D eigenvalue weighted by molar-refractivity contribution is -0.143. The Morgan fingerprint density at radius 3 is 2.75 bits per heavy atom. The van der Waals surface area contributed by atoms with E-state index in [0.29, 0.717) is 17.4 Å². The van der Waals surface area contributed by atoms with Gasteiger partial charge in [-0.25, -0.2) is 9.18 Å². The van der Waals surface area contributed by atoms with Gasteiger partial charge in [-0.2, -0.15) is 0 Å². The molecular weight excluding hydrogens is 379 g/mol. The number of carbonyl (C=O) groups excluding carboxylic acids is 1. The van der Waals surface area contributed by atoms with Gasteiger partial charge in [0.05, 0.1) is 10.4 Å². The Morgan fingerprint density at radius 2 is 2.08 bits per heavy atom. The number of amides is 2. The highest BCUT2D eigenvalue weighted by Crippen LogP contribution is 2.41. The maximum atomic E-state index is 13.6. The van der Waals surface area contributed by atoms with Crippen molar-refractivity contribution in [1.29, 1.82) is 0 Å². The summed E-state index contributed by atoms with van der Waals surface area (Å²) in [6.45, 7) is 2.77. The predicted octanol–water partition coefficient (Wildman–Crippen LogP) is 3.20. The highest BCUT2D eigenvalue weighted by molar-refractivity contribution is 9.10. The maximum Gasteiger partial charge on any atom is 0.317 e. The van der Waals surface area contributed by atoms with E-state index in [0.717, 1.165) is 12.0 Å². The molecule has 1 aliphatic carbocycles. The van der Waals surface area contributed by atoms with Crippen LogP contribution in [0, 0.1) is 17.7 Å². The van der Waals surface area contributed by atoms with Crippen LogP contribution in [0.1, 0.15) is 31.2 Å². The van der Waals surface area contributed by atoms with Gasteiger partial charge in [0.25, 0.3) is 0 Å². The second-order valence-corrected chi connectivity index (χ2v) is 7.71. The second-order valence-electron chi connectivity index (χ2n) is 6.85. The minimum Gasteiger partial charge on any atom is -0.481 e. The number of halogens is 2. The zero-order chi connectivity index (χ0) is 17.4. The van der Waals surface area contributed by atoms with Crippen LogP contribution in [0.25, 0.3) is 0 Å². The minimum absolute atomic E-state index is 0.0152. The molecule has 1 aromatic rings. The standard InChI is InChI=1S/C17H20BrFN2O3/c1-9-4-11(16(22)23)8-21(7-9)17(24)20-15-6-12(15)10-2-3-13(18)14(19)5-10/h2-3,5,9,11-12,15H,4,6-8H2,1H3,(H,20,24)(H,22,23)/t9?,11?,12-,15+/m0/s1. The van der Waals surface area contributed by atoms with E-state index in [4.69, 9.17) is 0 Å². The van der Waals surface area contributed by atoms with Crippen molar-refractivity contribution in [3.05, 3.63) is 34.1 Å². The van der Waals surface area contributed by atoms with Crippen LogP contribution in [0.3, 0.4) is 0 Å². The average molecular weight is 399 g/mol. The summed E-state index contributed by atoms with van der Waals surface area (Å²) in [5.41, 5.74) is 0.872. The Morgan fingerprint density at radius 1 is 1.33 bits per heavy atom. The molecule has 2 aliphatic rings. The van der Waals surface area contributed by atoms with Crippen molar-refractivity contribution < 1.29 is 19.1 Å². The zero-order valence-corrected chi connectivity index (χ0v) is 14.9. The van der Waals surface area contributed by atoms with Crippen LogP contribution in [0.15, 0.2) is 22.7 Å². The highest BCUT2D eigenvalue weighted by atomic mass is 79.9. The number of rotatable bonds is 3. The van der Waals surface area contributed by atoms with Crippen LogP contribution in [0.2, 0.25) is 0 Å². The van der Waals surface area contributed by atoms with Crippen molar-refractivity contribution in [2.24, 2.45) is 11.8 Å². The van der Waals surface area contributed by atoms with Crippen molar-refractivity contribution >= 4 is 27.9 Å². The van der Waals surface area contributed by atoms with Gasteiger partial charge in [-0.15, -0.1) is 0 Å². The van der Waals surface area contributed by atoms with E-state index in [1.165, 1.54) is 6.07 Å². The van der Waals surface area contributed by atoms with Crippen LogP contribution in [-0.4, -0.2) is 41.1 Å². The molecule has 5 nitrogen and oxygen atoms in total. The summed E-state index contributed by atoms with van der Waals surface area (Å²) < 4.78 is 14.0. The maximum absolute atomic E-state index is 13.6. The topological polar surface area (TPSA) is 69.6 Å². The lowest BCUT2D eigenvalue weighted by atomic mass is 9.91. The number of carboxylic acids is 1. The number of benzene rings is 1. The fourth-order valence-corrected chi connectivity index (χ4v) is 3.66. The van der Waals surface area contributed by atoms with Crippen molar-refractivity contribution in [2.45, 2.75) is 31.7 Å². The molecule has 1 saturated heterocycles. The van der Waals surface area contributed by atoms with E-state index in [9.17, 15) is 19.1 Å². The highest BCUT2D eigenvalue weighted by Gasteiger charge is 2.41. The van der Waals surface area contributed by atoms with Crippen molar-refractivity contribution in [2.75, 3.05) is 13.1 Å². The number of carboxylic acid groups (broad SMARTS) is 1. The smallest absolute Gasteiger partial charge is 0.317 e. The van der Waals surface area contributed by atoms with Gasteiger partial charge in [0, 0.05) is 25.0 Å². The number of nitrogens with one attached hydrogen (secondary N) is 1. The zero-order valence-electron chi connectivity index (χ0n) is 13.3. The third-order valence-electron chi connectivity index (χ3n) is 4.77. The van der Waals surface area contributed by atoms with Gasteiger partial charge in [-0.3, -0.25) is 4.79 Å². The van der Waals surface area contributed by atoms with Gasteiger partial charge in [0.2, 0.25) is 0 Å². The van der Waals surface area contributed by atoms with Gasteiger partial charge in [0.15, 0.2) is 0 Å². The first kappa shape index (κ1) is 17.2. The Labute approximate surface area is 148 Å². The summed E-state index contributed by atoms with van der Waals surface area (Å²) in [6, 6.07) is 4.78. The molecule has 1 aliphatic heterocycles. The number of likely N-dealkylation sites (tertiary alicyclic amines) is 1. The second kappa shape index (κ2) is 6.70. The summed E-state index contributed by atoms with van der Waals surface area (Å²) in [7, 11) is 0. The molecule has 2 unspecified atom stereocenters. The molecule has 0 bridgehead atoms. The molecule has 1 heterocycles. The molecule has 24 heavy (non-hydrogen) atoms. The molecule has 1 aromatic carbocycles. The molecule has 0 radical (unpaired) electrons. The average Bonchev–Trinajstić information content (AvgIpc) is 3.28. The first-order valence-electron chi connectivity index (χ1n) is 8.08. The number of urea groups is 1. The predicted molar refractivity (Wildman–Crippen MR) is 90.3 cm³/mol. The van der Waals surface area contributed by atoms with Crippen LogP contribution in [0.4, 0.5) is 9.18 Å². The Balaban J connectivity index is 1.58. The van der Waals surface area contributed by atoms with Crippen molar-refractivity contribution in [1.82, 2.24) is 10.2 Å². The summed E-state index contributed by atoms with van der Waals surface area (Å²) in [4.78, 5) is 25.2. The molecule has 2 N–H and O–H groups in total. The quantitative estimate of drug-likeness (QED) is 0.820. The first-order valence-corrected chi connectivity index (χ1v) is 8.87. The number of nitrogens with zero attached hydrogens (tertiary/aromatic N) is 1. The molecule has 2 amide bonds. The Hall–Kier alpha value is -1.63. The molecule has 2 fully saturated rings. The van der Waals surface area contributed by atoms with Crippen molar-refractivity contribution in [3.63, 3.8) is 0 Å². The molecular formula is C17H20BrFN2O3. The third kappa shape index (κ3) is 3.71. The summed E-state index contributed by atoms with van der Waals surface area (Å²) in [6.07, 6.45) is 1.38. The lowest BCUT2D eigenvalue weighted by Gasteiger charge is -2.34. The lowest BCUT2D eigenvalue weighted by Crippen LogP contribution is -2.50. The van der Waals surface area contributed by atoms with Crippen molar-refractivity contribution in [3.8, 4) is 0 Å². The Kier molecular flexibility index (Phi) is 4.80. The summed E-state index contributed by atoms with van der Waals surface area (Å²) in [5, 5.41) is 12.1. The summed E-state index contributed by atoms with van der Waals surface area (Å²) >= 11 is 3.13. The normalized spacial score (nSPS) is 29.2. The van der Waals surface area contributed by atoms with E-state index >= 15 is 0 Å². The first-order chi connectivity index (χ1) is 11.3.